The van der Waals surface area contributed by atoms with Crippen LogP contribution in [0.15, 0.2) is 58.8 Å². The average molecular weight is 408 g/mol. The largest absolute Gasteiger partial charge is 0.497 e. The van der Waals surface area contributed by atoms with E-state index < -0.39 is 5.60 Å². The Morgan fingerprint density at radius 1 is 1.03 bits per heavy atom. The van der Waals surface area contributed by atoms with Crippen LogP contribution in [0.5, 0.6) is 5.75 Å². The minimum absolute atomic E-state index is 0.719. The van der Waals surface area contributed by atoms with E-state index in [0.29, 0.717) is 0 Å². The predicted octanol–water partition coefficient (Wildman–Crippen LogP) is 4.78. The lowest BCUT2D eigenvalue weighted by Crippen LogP contribution is -2.40. The molecule has 0 fully saturated rings. The highest BCUT2D eigenvalue weighted by Crippen LogP contribution is 2.28. The summed E-state index contributed by atoms with van der Waals surface area (Å²) < 4.78 is 5.23. The van der Waals surface area contributed by atoms with Crippen LogP contribution in [0.4, 0.5) is 0 Å². The third-order valence-electron chi connectivity index (χ3n) is 5.65. The molecular weight excluding hydrogens is 374 g/mol. The van der Waals surface area contributed by atoms with Gasteiger partial charge >= 0.3 is 0 Å². The predicted molar refractivity (Wildman–Crippen MR) is 123 cm³/mol. The zero-order valence-corrected chi connectivity index (χ0v) is 18.2. The van der Waals surface area contributed by atoms with Crippen LogP contribution in [-0.4, -0.2) is 41.7 Å². The molecule has 5 heteroatoms. The first-order chi connectivity index (χ1) is 14.6. The van der Waals surface area contributed by atoms with E-state index >= 15 is 0 Å². The molecule has 5 nitrogen and oxygen atoms in total. The molecule has 1 N–H and O–H groups in total. The molecule has 3 rings (SSSR count). The number of hydrogen-bond acceptors (Lipinski definition) is 5. The first kappa shape index (κ1) is 22.2. The van der Waals surface area contributed by atoms with Gasteiger partial charge in [-0.1, -0.05) is 25.0 Å². The number of aliphatic hydroxyl groups is 1. The fraction of sp³-hybridized carbons (Fsp3) is 0.480. The summed E-state index contributed by atoms with van der Waals surface area (Å²) in [5.41, 5.74) is 2.70. The summed E-state index contributed by atoms with van der Waals surface area (Å²) in [6.45, 7) is 3.35. The average Bonchev–Trinajstić information content (AvgIpc) is 2.79. The van der Waals surface area contributed by atoms with Crippen LogP contribution in [0.1, 0.15) is 56.6 Å². The number of methoxy groups -OCH3 is 1. The van der Waals surface area contributed by atoms with Crippen molar-refractivity contribution in [1.29, 1.82) is 0 Å². The number of pyridine rings is 1. The van der Waals surface area contributed by atoms with Gasteiger partial charge in [0.2, 0.25) is 0 Å². The highest BCUT2D eigenvalue weighted by atomic mass is 16.5. The van der Waals surface area contributed by atoms with E-state index in [1.54, 1.807) is 7.11 Å². The van der Waals surface area contributed by atoms with Gasteiger partial charge in [-0.2, -0.15) is 0 Å². The Balaban J connectivity index is 1.51. The van der Waals surface area contributed by atoms with Gasteiger partial charge in [-0.05, 0) is 74.4 Å². The van der Waals surface area contributed by atoms with Crippen LogP contribution in [0.25, 0.3) is 0 Å². The van der Waals surface area contributed by atoms with Crippen molar-refractivity contribution in [3.63, 3.8) is 0 Å². The normalized spacial score (nSPS) is 17.4. The maximum Gasteiger partial charge on any atom is 0.130 e. The van der Waals surface area contributed by atoms with Crippen molar-refractivity contribution in [2.75, 3.05) is 20.2 Å². The maximum atomic E-state index is 11.3. The first-order valence-electron chi connectivity index (χ1n) is 11.0. The Bertz CT molecular complexity index is 842. The molecule has 0 radical (unpaired) electrons. The number of unbranched alkanes of at least 4 members (excludes halogenated alkanes) is 3. The summed E-state index contributed by atoms with van der Waals surface area (Å²) in [6.07, 6.45) is 11.3. The molecule has 0 saturated carbocycles. The second-order valence-electron chi connectivity index (χ2n) is 7.98. The second kappa shape index (κ2) is 11.0. The van der Waals surface area contributed by atoms with E-state index in [0.717, 1.165) is 61.5 Å². The molecule has 0 saturated heterocycles. The standard InChI is InChI=1S/C25H33N3O2/c1-25(29,21-10-12-22(30-2)13-11-21)24-23(9-7-17-28-24)27-16-6-4-3-5-8-20-14-18-26-19-15-20/h10-15,18-19,29H,3-9,16-17H2,1-2H3. The summed E-state index contributed by atoms with van der Waals surface area (Å²) in [6, 6.07) is 11.7. The molecule has 2 heterocycles. The smallest absolute Gasteiger partial charge is 0.130 e. The van der Waals surface area contributed by atoms with Gasteiger partial charge in [-0.3, -0.25) is 15.0 Å². The van der Waals surface area contributed by atoms with Crippen molar-refractivity contribution < 1.29 is 9.84 Å². The topological polar surface area (TPSA) is 67.1 Å². The molecule has 2 aromatic rings. The number of aryl methyl sites for hydroxylation is 1. The van der Waals surface area contributed by atoms with Crippen LogP contribution in [0, 0.1) is 0 Å². The van der Waals surface area contributed by atoms with E-state index in [-0.39, 0.29) is 0 Å². The minimum Gasteiger partial charge on any atom is -0.497 e. The van der Waals surface area contributed by atoms with Crippen LogP contribution in [-0.2, 0) is 12.0 Å². The summed E-state index contributed by atoms with van der Waals surface area (Å²) >= 11 is 0. The molecule has 0 amide bonds. The molecule has 1 unspecified atom stereocenters. The number of ether oxygens (including phenoxy) is 1. The third kappa shape index (κ3) is 5.99. The zero-order valence-electron chi connectivity index (χ0n) is 18.2. The molecule has 0 spiro atoms. The lowest BCUT2D eigenvalue weighted by Gasteiger charge is -2.29. The van der Waals surface area contributed by atoms with Gasteiger partial charge in [0, 0.05) is 25.5 Å². The Labute approximate surface area is 180 Å². The van der Waals surface area contributed by atoms with Gasteiger partial charge in [-0.15, -0.1) is 0 Å². The second-order valence-corrected chi connectivity index (χ2v) is 7.98. The SMILES string of the molecule is COc1ccc(C(C)(O)C2=NCCCC2=NCCCCCCc2ccncc2)cc1. The van der Waals surface area contributed by atoms with E-state index in [9.17, 15) is 5.11 Å². The number of aromatic nitrogens is 1. The Morgan fingerprint density at radius 2 is 1.77 bits per heavy atom. The number of benzene rings is 1. The summed E-state index contributed by atoms with van der Waals surface area (Å²) in [5, 5.41) is 11.3. The summed E-state index contributed by atoms with van der Waals surface area (Å²) in [5.74, 6) is 0.776. The van der Waals surface area contributed by atoms with Gasteiger partial charge in [0.15, 0.2) is 0 Å². The van der Waals surface area contributed by atoms with Gasteiger partial charge < -0.3 is 9.84 Å². The maximum absolute atomic E-state index is 11.3. The van der Waals surface area contributed by atoms with E-state index in [4.69, 9.17) is 9.73 Å². The van der Waals surface area contributed by atoms with Gasteiger partial charge in [-0.25, -0.2) is 0 Å². The number of nitrogens with zero attached hydrogens (tertiary/aromatic N) is 3. The quantitative estimate of drug-likeness (QED) is 0.577. The fourth-order valence-corrected chi connectivity index (χ4v) is 3.85. The van der Waals surface area contributed by atoms with Crippen LogP contribution < -0.4 is 4.74 Å². The molecule has 0 bridgehead atoms. The molecule has 1 atom stereocenters. The van der Waals surface area contributed by atoms with Crippen LogP contribution >= 0.6 is 0 Å². The van der Waals surface area contributed by atoms with Crippen molar-refractivity contribution in [1.82, 2.24) is 4.98 Å². The van der Waals surface area contributed by atoms with Crippen molar-refractivity contribution >= 4 is 11.4 Å². The molecular formula is C25H33N3O2. The monoisotopic (exact) mass is 407 g/mol. The summed E-state index contributed by atoms with van der Waals surface area (Å²) in [4.78, 5) is 13.6. The number of aliphatic imine (C=N–C) groups is 2. The van der Waals surface area contributed by atoms with E-state index in [1.165, 1.54) is 24.8 Å². The summed E-state index contributed by atoms with van der Waals surface area (Å²) in [7, 11) is 1.64. The van der Waals surface area contributed by atoms with Crippen molar-refractivity contribution in [2.24, 2.45) is 9.98 Å². The Kier molecular flexibility index (Phi) is 8.14. The van der Waals surface area contributed by atoms with Crippen molar-refractivity contribution in [3.05, 3.63) is 59.9 Å². The molecule has 1 aromatic carbocycles. The molecule has 30 heavy (non-hydrogen) atoms. The minimum atomic E-state index is -1.14. The molecule has 1 aliphatic rings. The van der Waals surface area contributed by atoms with Gasteiger partial charge in [0.1, 0.15) is 11.4 Å². The molecule has 1 aliphatic heterocycles. The number of hydrogen-bond donors (Lipinski definition) is 1. The van der Waals surface area contributed by atoms with Gasteiger partial charge in [0.25, 0.3) is 0 Å². The highest BCUT2D eigenvalue weighted by Gasteiger charge is 2.34. The lowest BCUT2D eigenvalue weighted by atomic mass is 9.85. The fourth-order valence-electron chi connectivity index (χ4n) is 3.85. The van der Waals surface area contributed by atoms with Crippen LogP contribution in [0.2, 0.25) is 0 Å². The molecule has 0 aliphatic carbocycles. The first-order valence-corrected chi connectivity index (χ1v) is 11.0. The number of rotatable bonds is 10. The van der Waals surface area contributed by atoms with Crippen molar-refractivity contribution in [2.45, 2.75) is 57.5 Å². The Hall–Kier alpha value is -2.53. The highest BCUT2D eigenvalue weighted by molar-refractivity contribution is 6.45. The molecule has 160 valence electrons. The lowest BCUT2D eigenvalue weighted by molar-refractivity contribution is 0.134. The Morgan fingerprint density at radius 3 is 2.50 bits per heavy atom. The van der Waals surface area contributed by atoms with Crippen molar-refractivity contribution in [3.8, 4) is 5.75 Å². The molecule has 1 aromatic heterocycles. The van der Waals surface area contributed by atoms with Crippen LogP contribution in [0.3, 0.4) is 0 Å². The zero-order chi connectivity index (χ0) is 21.2. The van der Waals surface area contributed by atoms with E-state index in [2.05, 4.69) is 22.1 Å². The third-order valence-corrected chi connectivity index (χ3v) is 5.65. The van der Waals surface area contributed by atoms with E-state index in [1.807, 2.05) is 43.6 Å². The van der Waals surface area contributed by atoms with Gasteiger partial charge in [0.05, 0.1) is 18.5 Å².